The van der Waals surface area contributed by atoms with Crippen LogP contribution in [0.4, 0.5) is 4.39 Å². The normalized spacial score (nSPS) is 22.7. The van der Waals surface area contributed by atoms with Gasteiger partial charge in [-0.1, -0.05) is 0 Å². The van der Waals surface area contributed by atoms with Crippen LogP contribution < -0.4 is 5.56 Å². The zero-order valence-electron chi connectivity index (χ0n) is 13.6. The first-order valence-corrected chi connectivity index (χ1v) is 8.42. The highest BCUT2D eigenvalue weighted by Gasteiger charge is 2.39. The summed E-state index contributed by atoms with van der Waals surface area (Å²) < 4.78 is 20.0. The third-order valence-electron chi connectivity index (χ3n) is 4.83. The monoisotopic (exact) mass is 343 g/mol. The Labute approximate surface area is 143 Å². The van der Waals surface area contributed by atoms with Crippen LogP contribution in [0.1, 0.15) is 29.8 Å². The molecule has 1 aliphatic heterocycles. The van der Waals surface area contributed by atoms with E-state index in [1.807, 2.05) is 4.90 Å². The number of amides is 1. The fraction of sp³-hybridized carbons (Fsp3) is 0.389. The summed E-state index contributed by atoms with van der Waals surface area (Å²) in [5, 5.41) is 4.21. The van der Waals surface area contributed by atoms with Crippen molar-refractivity contribution in [1.82, 2.24) is 14.7 Å². The lowest BCUT2D eigenvalue weighted by Gasteiger charge is -2.37. The second-order valence-corrected chi connectivity index (χ2v) is 6.35. The van der Waals surface area contributed by atoms with E-state index in [1.165, 1.54) is 36.4 Å². The van der Waals surface area contributed by atoms with E-state index in [2.05, 4.69) is 5.10 Å². The molecule has 1 aromatic heterocycles. The SMILES string of the molecule is O=C(c1ccc(=O)n(-c2ccc(F)cc2)n1)N1CCO[C@@H]2CCC[C@@H]21. The lowest BCUT2D eigenvalue weighted by atomic mass is 10.1. The van der Waals surface area contributed by atoms with Gasteiger partial charge in [0.2, 0.25) is 0 Å². The van der Waals surface area contributed by atoms with Gasteiger partial charge in [0.05, 0.1) is 24.4 Å². The average molecular weight is 343 g/mol. The van der Waals surface area contributed by atoms with E-state index >= 15 is 0 Å². The van der Waals surface area contributed by atoms with Crippen LogP contribution in [0.3, 0.4) is 0 Å². The van der Waals surface area contributed by atoms with Gasteiger partial charge in [-0.3, -0.25) is 9.59 Å². The average Bonchev–Trinajstić information content (AvgIpc) is 3.11. The lowest BCUT2D eigenvalue weighted by Crippen LogP contribution is -2.51. The van der Waals surface area contributed by atoms with Gasteiger partial charge in [-0.25, -0.2) is 4.39 Å². The van der Waals surface area contributed by atoms with Gasteiger partial charge in [0, 0.05) is 12.6 Å². The van der Waals surface area contributed by atoms with E-state index in [0.717, 1.165) is 23.9 Å². The fourth-order valence-electron chi connectivity index (χ4n) is 3.62. The highest BCUT2D eigenvalue weighted by molar-refractivity contribution is 5.92. The summed E-state index contributed by atoms with van der Waals surface area (Å²) in [6.07, 6.45) is 3.03. The van der Waals surface area contributed by atoms with Crippen molar-refractivity contribution in [2.24, 2.45) is 0 Å². The third kappa shape index (κ3) is 2.95. The molecule has 1 saturated carbocycles. The molecule has 0 radical (unpaired) electrons. The Hall–Kier alpha value is -2.54. The first-order valence-electron chi connectivity index (χ1n) is 8.42. The minimum Gasteiger partial charge on any atom is -0.374 e. The molecule has 1 saturated heterocycles. The Balaban J connectivity index is 1.66. The number of aromatic nitrogens is 2. The first kappa shape index (κ1) is 16.0. The molecule has 2 aliphatic rings. The van der Waals surface area contributed by atoms with Crippen molar-refractivity contribution in [2.45, 2.75) is 31.4 Å². The van der Waals surface area contributed by atoms with Gasteiger partial charge in [-0.15, -0.1) is 0 Å². The predicted octanol–water partition coefficient (Wildman–Crippen LogP) is 1.77. The molecule has 2 heterocycles. The molecule has 4 rings (SSSR count). The van der Waals surface area contributed by atoms with E-state index in [9.17, 15) is 14.0 Å². The summed E-state index contributed by atoms with van der Waals surface area (Å²) in [6, 6.07) is 8.26. The molecule has 6 nitrogen and oxygen atoms in total. The number of morpholine rings is 1. The third-order valence-corrected chi connectivity index (χ3v) is 4.83. The van der Waals surface area contributed by atoms with E-state index in [1.54, 1.807) is 0 Å². The summed E-state index contributed by atoms with van der Waals surface area (Å²) in [4.78, 5) is 26.8. The molecule has 2 fully saturated rings. The largest absolute Gasteiger partial charge is 0.374 e. The van der Waals surface area contributed by atoms with Crippen LogP contribution in [-0.2, 0) is 4.74 Å². The number of carbonyl (C=O) groups excluding carboxylic acids is 1. The van der Waals surface area contributed by atoms with Crippen molar-refractivity contribution in [2.75, 3.05) is 13.2 Å². The van der Waals surface area contributed by atoms with Crippen LogP contribution in [0.15, 0.2) is 41.2 Å². The Morgan fingerprint density at radius 2 is 1.96 bits per heavy atom. The molecular weight excluding hydrogens is 325 g/mol. The van der Waals surface area contributed by atoms with Crippen molar-refractivity contribution < 1.29 is 13.9 Å². The number of fused-ring (bicyclic) bond motifs is 1. The topological polar surface area (TPSA) is 64.4 Å². The zero-order chi connectivity index (χ0) is 17.4. The molecule has 2 atom stereocenters. The van der Waals surface area contributed by atoms with Crippen LogP contribution >= 0.6 is 0 Å². The second-order valence-electron chi connectivity index (χ2n) is 6.35. The zero-order valence-corrected chi connectivity index (χ0v) is 13.6. The number of nitrogens with zero attached hydrogens (tertiary/aromatic N) is 3. The van der Waals surface area contributed by atoms with E-state index in [4.69, 9.17) is 4.74 Å². The molecule has 1 aromatic carbocycles. The molecule has 7 heteroatoms. The second kappa shape index (κ2) is 6.40. The maximum Gasteiger partial charge on any atom is 0.274 e. The molecule has 0 bridgehead atoms. The minimum absolute atomic E-state index is 0.0780. The van der Waals surface area contributed by atoms with Crippen LogP contribution in [0.5, 0.6) is 0 Å². The molecule has 0 unspecified atom stereocenters. The molecule has 0 spiro atoms. The summed E-state index contributed by atoms with van der Waals surface area (Å²) in [5.41, 5.74) is 0.252. The van der Waals surface area contributed by atoms with Gasteiger partial charge in [-0.2, -0.15) is 9.78 Å². The van der Waals surface area contributed by atoms with Crippen LogP contribution in [-0.4, -0.2) is 45.9 Å². The van der Waals surface area contributed by atoms with Crippen LogP contribution in [0.25, 0.3) is 5.69 Å². The maximum atomic E-state index is 13.1. The van der Waals surface area contributed by atoms with Crippen LogP contribution in [0, 0.1) is 5.82 Å². The van der Waals surface area contributed by atoms with Crippen molar-refractivity contribution in [3.8, 4) is 5.69 Å². The number of benzene rings is 1. The summed E-state index contributed by atoms with van der Waals surface area (Å²) >= 11 is 0. The number of rotatable bonds is 2. The number of halogens is 1. The lowest BCUT2D eigenvalue weighted by molar-refractivity contribution is -0.0447. The van der Waals surface area contributed by atoms with Crippen molar-refractivity contribution >= 4 is 5.91 Å². The number of carbonyl (C=O) groups is 1. The Bertz CT molecular complexity index is 849. The van der Waals surface area contributed by atoms with Crippen molar-refractivity contribution in [3.05, 3.63) is 58.3 Å². The fourth-order valence-corrected chi connectivity index (χ4v) is 3.62. The van der Waals surface area contributed by atoms with Crippen molar-refractivity contribution in [1.29, 1.82) is 0 Å². The Morgan fingerprint density at radius 3 is 2.76 bits per heavy atom. The van der Waals surface area contributed by atoms with Gasteiger partial charge in [-0.05, 0) is 49.6 Å². The standard InChI is InChI=1S/C18H18FN3O3/c19-12-4-6-13(7-5-12)22-17(23)9-8-14(20-22)18(24)21-10-11-25-16-3-1-2-15(16)21/h4-9,15-16H,1-3,10-11H2/t15-,16+/m0/s1. The summed E-state index contributed by atoms with van der Waals surface area (Å²) in [6.45, 7) is 1.04. The first-order chi connectivity index (χ1) is 12.1. The molecule has 1 amide bonds. The number of hydrogen-bond donors (Lipinski definition) is 0. The minimum atomic E-state index is -0.398. The van der Waals surface area contributed by atoms with Gasteiger partial charge in [0.15, 0.2) is 0 Å². The highest BCUT2D eigenvalue weighted by atomic mass is 19.1. The summed E-state index contributed by atoms with van der Waals surface area (Å²) in [5.74, 6) is -0.597. The quantitative estimate of drug-likeness (QED) is 0.834. The maximum absolute atomic E-state index is 13.1. The summed E-state index contributed by atoms with van der Waals surface area (Å²) in [7, 11) is 0. The molecular formula is C18H18FN3O3. The molecule has 0 N–H and O–H groups in total. The van der Waals surface area contributed by atoms with Gasteiger partial charge < -0.3 is 9.64 Å². The molecule has 2 aromatic rings. The smallest absolute Gasteiger partial charge is 0.274 e. The van der Waals surface area contributed by atoms with E-state index in [-0.39, 0.29) is 29.3 Å². The Kier molecular flexibility index (Phi) is 4.09. The molecule has 25 heavy (non-hydrogen) atoms. The molecule has 130 valence electrons. The van der Waals surface area contributed by atoms with Gasteiger partial charge >= 0.3 is 0 Å². The van der Waals surface area contributed by atoms with Gasteiger partial charge in [0.25, 0.3) is 11.5 Å². The Morgan fingerprint density at radius 1 is 1.16 bits per heavy atom. The number of ether oxygens (including phenoxy) is 1. The van der Waals surface area contributed by atoms with Crippen LogP contribution in [0.2, 0.25) is 0 Å². The molecule has 1 aliphatic carbocycles. The highest BCUT2D eigenvalue weighted by Crippen LogP contribution is 2.30. The van der Waals surface area contributed by atoms with Crippen molar-refractivity contribution in [3.63, 3.8) is 0 Å². The van der Waals surface area contributed by atoms with Gasteiger partial charge in [0.1, 0.15) is 11.5 Å². The predicted molar refractivity (Wildman–Crippen MR) is 88.2 cm³/mol. The van der Waals surface area contributed by atoms with E-state index in [0.29, 0.717) is 18.8 Å². The number of hydrogen-bond acceptors (Lipinski definition) is 4. The van der Waals surface area contributed by atoms with E-state index < -0.39 is 5.82 Å².